The molecule has 3 atom stereocenters. The van der Waals surface area contributed by atoms with Crippen molar-refractivity contribution in [2.45, 2.75) is 31.2 Å². The van der Waals surface area contributed by atoms with Crippen LogP contribution in [0.2, 0.25) is 0 Å². The van der Waals surface area contributed by atoms with E-state index in [2.05, 4.69) is 12.1 Å². The zero-order chi connectivity index (χ0) is 17.9. The van der Waals surface area contributed by atoms with E-state index in [-0.39, 0.29) is 25.4 Å². The minimum Gasteiger partial charge on any atom is -0.497 e. The van der Waals surface area contributed by atoms with Crippen LogP contribution in [0.3, 0.4) is 0 Å². The molecule has 2 aliphatic heterocycles. The summed E-state index contributed by atoms with van der Waals surface area (Å²) in [5.74, 6) is 1.68. The van der Waals surface area contributed by atoms with Gasteiger partial charge < -0.3 is 23.5 Å². The Morgan fingerprint density at radius 2 is 1.50 bits per heavy atom. The molecule has 5 nitrogen and oxygen atoms in total. The zero-order valence-electron chi connectivity index (χ0n) is 15.1. The Morgan fingerprint density at radius 3 is 2.15 bits per heavy atom. The molecule has 0 N–H and O–H groups in total. The highest BCUT2D eigenvalue weighted by Gasteiger charge is 2.41. The highest BCUT2D eigenvalue weighted by molar-refractivity contribution is 6.61. The smallest absolute Gasteiger partial charge is 0.494 e. The van der Waals surface area contributed by atoms with Gasteiger partial charge in [-0.25, -0.2) is 0 Å². The predicted molar refractivity (Wildman–Crippen MR) is 99.0 cm³/mol. The predicted octanol–water partition coefficient (Wildman–Crippen LogP) is 2.73. The Balaban J connectivity index is 1.38. The van der Waals surface area contributed by atoms with Gasteiger partial charge in [0.1, 0.15) is 17.6 Å². The monoisotopic (exact) mass is 354 g/mol. The minimum absolute atomic E-state index is 0.0367. The first-order valence-electron chi connectivity index (χ1n) is 8.97. The average molecular weight is 354 g/mol. The standard InChI is InChI=1S/C20H23BO5/c1-22-16-7-3-14(4-8-16)18-11-12-19-20(25-18)13-24-21(26-19)15-5-9-17(23-2)10-6-15/h3-10,18-20H,11-13H2,1-2H3/t18-,19+,20-/m1/s1. The average Bonchev–Trinajstić information content (AvgIpc) is 2.73. The van der Waals surface area contributed by atoms with Gasteiger partial charge in [-0.1, -0.05) is 24.3 Å². The van der Waals surface area contributed by atoms with Crippen molar-refractivity contribution in [2.24, 2.45) is 0 Å². The summed E-state index contributed by atoms with van der Waals surface area (Å²) in [4.78, 5) is 0. The lowest BCUT2D eigenvalue weighted by molar-refractivity contribution is -0.150. The van der Waals surface area contributed by atoms with Crippen LogP contribution in [0.5, 0.6) is 11.5 Å². The van der Waals surface area contributed by atoms with E-state index in [0.717, 1.165) is 29.8 Å². The molecule has 4 rings (SSSR count). The largest absolute Gasteiger partial charge is 0.497 e. The Morgan fingerprint density at radius 1 is 0.846 bits per heavy atom. The number of fused-ring (bicyclic) bond motifs is 1. The summed E-state index contributed by atoms with van der Waals surface area (Å²) in [5, 5.41) is 0. The molecule has 2 aromatic carbocycles. The number of ether oxygens (including phenoxy) is 3. The molecule has 0 bridgehead atoms. The van der Waals surface area contributed by atoms with Crippen LogP contribution in [0.25, 0.3) is 0 Å². The van der Waals surface area contributed by atoms with Crippen molar-refractivity contribution < 1.29 is 23.5 Å². The van der Waals surface area contributed by atoms with Gasteiger partial charge in [0.2, 0.25) is 0 Å². The molecular weight excluding hydrogens is 331 g/mol. The maximum Gasteiger partial charge on any atom is 0.494 e. The molecule has 2 heterocycles. The second-order valence-corrected chi connectivity index (χ2v) is 6.63. The molecule has 0 radical (unpaired) electrons. The third-order valence-electron chi connectivity index (χ3n) is 5.05. The summed E-state index contributed by atoms with van der Waals surface area (Å²) in [6, 6.07) is 15.9. The molecule has 6 heteroatoms. The number of hydrogen-bond donors (Lipinski definition) is 0. The van der Waals surface area contributed by atoms with E-state index in [4.69, 9.17) is 23.5 Å². The molecule has 0 aromatic heterocycles. The molecule has 2 fully saturated rings. The highest BCUT2D eigenvalue weighted by Crippen LogP contribution is 2.35. The maximum absolute atomic E-state index is 6.26. The van der Waals surface area contributed by atoms with Crippen LogP contribution in [0, 0.1) is 0 Å². The number of rotatable bonds is 4. The molecule has 2 aliphatic rings. The molecule has 0 saturated carbocycles. The summed E-state index contributed by atoms with van der Waals surface area (Å²) in [7, 11) is 2.99. The lowest BCUT2D eigenvalue weighted by Gasteiger charge is -2.41. The van der Waals surface area contributed by atoms with E-state index in [0.29, 0.717) is 6.61 Å². The topological polar surface area (TPSA) is 46.2 Å². The second kappa shape index (κ2) is 7.70. The third-order valence-corrected chi connectivity index (χ3v) is 5.05. The van der Waals surface area contributed by atoms with E-state index in [1.807, 2.05) is 36.4 Å². The number of benzene rings is 2. The van der Waals surface area contributed by atoms with Crippen molar-refractivity contribution in [3.63, 3.8) is 0 Å². The first-order valence-corrected chi connectivity index (χ1v) is 8.97. The van der Waals surface area contributed by atoms with Gasteiger partial charge in [-0.2, -0.15) is 0 Å². The molecule has 0 unspecified atom stereocenters. The zero-order valence-corrected chi connectivity index (χ0v) is 15.1. The quantitative estimate of drug-likeness (QED) is 0.791. The number of methoxy groups -OCH3 is 2. The van der Waals surface area contributed by atoms with E-state index >= 15 is 0 Å². The lowest BCUT2D eigenvalue weighted by atomic mass is 9.76. The Kier molecular flexibility index (Phi) is 5.15. The van der Waals surface area contributed by atoms with Crippen LogP contribution in [0.4, 0.5) is 0 Å². The fraction of sp³-hybridized carbons (Fsp3) is 0.400. The van der Waals surface area contributed by atoms with Crippen LogP contribution in [0.1, 0.15) is 24.5 Å². The summed E-state index contributed by atoms with van der Waals surface area (Å²) in [6.45, 7) is 0.536. The third kappa shape index (κ3) is 3.58. The van der Waals surface area contributed by atoms with Crippen LogP contribution in [-0.4, -0.2) is 40.2 Å². The molecule has 2 aromatic rings. The molecule has 0 amide bonds. The number of hydrogen-bond acceptors (Lipinski definition) is 5. The van der Waals surface area contributed by atoms with Crippen molar-refractivity contribution in [1.29, 1.82) is 0 Å². The second-order valence-electron chi connectivity index (χ2n) is 6.63. The van der Waals surface area contributed by atoms with Crippen molar-refractivity contribution in [3.05, 3.63) is 54.1 Å². The van der Waals surface area contributed by atoms with Crippen molar-refractivity contribution in [3.8, 4) is 11.5 Å². The highest BCUT2D eigenvalue weighted by atomic mass is 16.6. The van der Waals surface area contributed by atoms with Crippen LogP contribution in [0.15, 0.2) is 48.5 Å². The fourth-order valence-corrected chi connectivity index (χ4v) is 3.55. The van der Waals surface area contributed by atoms with Crippen LogP contribution in [-0.2, 0) is 14.0 Å². The maximum atomic E-state index is 6.26. The van der Waals surface area contributed by atoms with Gasteiger partial charge in [0, 0.05) is 0 Å². The summed E-state index contributed by atoms with van der Waals surface area (Å²) in [5.41, 5.74) is 2.17. The first-order chi connectivity index (χ1) is 12.8. The normalized spacial score (nSPS) is 25.5. The van der Waals surface area contributed by atoms with Gasteiger partial charge >= 0.3 is 7.12 Å². The van der Waals surface area contributed by atoms with Gasteiger partial charge in [0.05, 0.1) is 33.0 Å². The van der Waals surface area contributed by atoms with Crippen molar-refractivity contribution in [2.75, 3.05) is 20.8 Å². The van der Waals surface area contributed by atoms with E-state index in [1.54, 1.807) is 14.2 Å². The Hall–Kier alpha value is -2.02. The molecular formula is C20H23BO5. The van der Waals surface area contributed by atoms with Gasteiger partial charge in [-0.15, -0.1) is 0 Å². The lowest BCUT2D eigenvalue weighted by Crippen LogP contribution is -2.54. The van der Waals surface area contributed by atoms with E-state index < -0.39 is 0 Å². The SMILES string of the molecule is COc1ccc(B2OC[C@H]3O[C@@H](c4ccc(OC)cc4)CC[C@@H]3O2)cc1. The molecule has 2 saturated heterocycles. The summed E-state index contributed by atoms with van der Waals surface area (Å²) < 4.78 is 28.8. The van der Waals surface area contributed by atoms with Gasteiger partial charge in [-0.3, -0.25) is 0 Å². The van der Waals surface area contributed by atoms with E-state index in [9.17, 15) is 0 Å². The van der Waals surface area contributed by atoms with Gasteiger partial charge in [0.25, 0.3) is 0 Å². The van der Waals surface area contributed by atoms with Gasteiger partial charge in [-0.05, 0) is 48.1 Å². The van der Waals surface area contributed by atoms with Crippen molar-refractivity contribution in [1.82, 2.24) is 0 Å². The van der Waals surface area contributed by atoms with Crippen LogP contribution < -0.4 is 14.9 Å². The molecule has 0 aliphatic carbocycles. The van der Waals surface area contributed by atoms with E-state index in [1.165, 1.54) is 5.56 Å². The van der Waals surface area contributed by atoms with Crippen LogP contribution >= 0.6 is 0 Å². The van der Waals surface area contributed by atoms with Gasteiger partial charge in [0.15, 0.2) is 0 Å². The first kappa shape index (κ1) is 17.4. The summed E-state index contributed by atoms with van der Waals surface area (Å²) >= 11 is 0. The Bertz CT molecular complexity index is 654. The molecule has 26 heavy (non-hydrogen) atoms. The minimum atomic E-state index is -0.344. The van der Waals surface area contributed by atoms with Crippen molar-refractivity contribution >= 4 is 12.6 Å². The molecule has 0 spiro atoms. The Labute approximate surface area is 154 Å². The summed E-state index contributed by atoms with van der Waals surface area (Å²) in [6.07, 6.45) is 1.99. The molecule has 136 valence electrons. The fourth-order valence-electron chi connectivity index (χ4n) is 3.55.